The van der Waals surface area contributed by atoms with Crippen molar-refractivity contribution in [2.24, 2.45) is 0 Å². The molecule has 2 aliphatic rings. The first-order valence-corrected chi connectivity index (χ1v) is 10.9. The Morgan fingerprint density at radius 3 is 2.62 bits per heavy atom. The van der Waals surface area contributed by atoms with Crippen molar-refractivity contribution in [2.45, 2.75) is 18.0 Å². The topological polar surface area (TPSA) is 85.8 Å². The van der Waals surface area contributed by atoms with Gasteiger partial charge in [0.2, 0.25) is 5.91 Å². The van der Waals surface area contributed by atoms with E-state index in [2.05, 4.69) is 10.3 Å². The minimum atomic E-state index is -0.768. The molecule has 3 amide bonds. The van der Waals surface area contributed by atoms with E-state index in [9.17, 15) is 23.5 Å². The molecule has 2 aromatic carbocycles. The SMILES string of the molecule is O=C(Nc1cc(F)ccc1F)N1CC(=O)N2[C@H](C1)[C@H](c1ccc(-c3cccnc3)cc1)[C@@H]2CO. The summed E-state index contributed by atoms with van der Waals surface area (Å²) in [4.78, 5) is 32.6. The average Bonchev–Trinajstić information content (AvgIpc) is 2.83. The van der Waals surface area contributed by atoms with Crippen LogP contribution in [0.15, 0.2) is 67.0 Å². The van der Waals surface area contributed by atoms with Gasteiger partial charge in [-0.25, -0.2) is 13.6 Å². The minimum absolute atomic E-state index is 0.168. The number of amides is 3. The van der Waals surface area contributed by atoms with Crippen LogP contribution in [0.25, 0.3) is 11.1 Å². The van der Waals surface area contributed by atoms with E-state index in [0.717, 1.165) is 34.9 Å². The van der Waals surface area contributed by atoms with Crippen LogP contribution in [0.2, 0.25) is 0 Å². The molecule has 3 aromatic rings. The van der Waals surface area contributed by atoms with Crippen LogP contribution in [0.1, 0.15) is 11.5 Å². The molecule has 1 aromatic heterocycles. The second-order valence-electron chi connectivity index (χ2n) is 8.44. The van der Waals surface area contributed by atoms with Crippen LogP contribution in [0, 0.1) is 11.6 Å². The van der Waals surface area contributed by atoms with Crippen LogP contribution >= 0.6 is 0 Å². The van der Waals surface area contributed by atoms with Crippen LogP contribution in [0.5, 0.6) is 0 Å². The van der Waals surface area contributed by atoms with Gasteiger partial charge in [0.15, 0.2) is 0 Å². The summed E-state index contributed by atoms with van der Waals surface area (Å²) in [7, 11) is 0. The molecule has 3 atom stereocenters. The Hall–Kier alpha value is -3.85. The number of aromatic nitrogens is 1. The molecular weight excluding hydrogens is 442 g/mol. The molecule has 174 valence electrons. The van der Waals surface area contributed by atoms with Crippen molar-refractivity contribution in [1.29, 1.82) is 0 Å². The lowest BCUT2D eigenvalue weighted by Crippen LogP contribution is -2.73. The third-order valence-electron chi connectivity index (χ3n) is 6.50. The molecule has 2 saturated heterocycles. The first-order chi connectivity index (χ1) is 16.5. The molecule has 0 spiro atoms. The van der Waals surface area contributed by atoms with Gasteiger partial charge in [-0.15, -0.1) is 0 Å². The Labute approximate surface area is 194 Å². The number of hydrogen-bond donors (Lipinski definition) is 2. The van der Waals surface area contributed by atoms with Gasteiger partial charge in [-0.1, -0.05) is 30.3 Å². The van der Waals surface area contributed by atoms with E-state index < -0.39 is 17.7 Å². The van der Waals surface area contributed by atoms with Crippen LogP contribution < -0.4 is 5.32 Å². The van der Waals surface area contributed by atoms with Crippen molar-refractivity contribution in [1.82, 2.24) is 14.8 Å². The summed E-state index contributed by atoms with van der Waals surface area (Å²) in [6.45, 7) is -0.194. The lowest BCUT2D eigenvalue weighted by molar-refractivity contribution is -0.159. The normalized spacial score (nSPS) is 21.6. The second kappa shape index (κ2) is 8.83. The van der Waals surface area contributed by atoms with Crippen molar-refractivity contribution in [3.8, 4) is 11.1 Å². The maximum absolute atomic E-state index is 14.0. The zero-order chi connectivity index (χ0) is 23.8. The third-order valence-corrected chi connectivity index (χ3v) is 6.50. The smallest absolute Gasteiger partial charge is 0.322 e. The van der Waals surface area contributed by atoms with Crippen LogP contribution in [0.4, 0.5) is 19.3 Å². The lowest BCUT2D eigenvalue weighted by atomic mass is 9.73. The fourth-order valence-electron chi connectivity index (χ4n) is 4.87. The summed E-state index contributed by atoms with van der Waals surface area (Å²) in [6, 6.07) is 13.0. The highest BCUT2D eigenvalue weighted by Crippen LogP contribution is 2.43. The standard InChI is InChI=1S/C25H22F2N4O3/c26-18-7-8-19(27)20(10-18)29-25(34)30-12-21-24(22(14-32)31(21)23(33)13-30)16-5-3-15(4-6-16)17-2-1-9-28-11-17/h1-11,21-22,24,32H,12-14H2,(H,29,34)/t21-,22+,24+/m1/s1. The summed E-state index contributed by atoms with van der Waals surface area (Å²) < 4.78 is 27.4. The van der Waals surface area contributed by atoms with E-state index in [-0.39, 0.29) is 49.3 Å². The molecule has 0 unspecified atom stereocenters. The summed E-state index contributed by atoms with van der Waals surface area (Å²) in [6.07, 6.45) is 3.48. The van der Waals surface area contributed by atoms with Gasteiger partial charge in [0.05, 0.1) is 24.4 Å². The average molecular weight is 464 g/mol. The second-order valence-corrected chi connectivity index (χ2v) is 8.44. The monoisotopic (exact) mass is 464 g/mol. The number of benzene rings is 2. The van der Waals surface area contributed by atoms with E-state index in [1.807, 2.05) is 36.4 Å². The molecule has 7 nitrogen and oxygen atoms in total. The number of urea groups is 1. The number of fused-ring (bicyclic) bond motifs is 1. The molecule has 2 fully saturated rings. The number of nitrogens with zero attached hydrogens (tertiary/aromatic N) is 3. The molecule has 34 heavy (non-hydrogen) atoms. The van der Waals surface area contributed by atoms with Gasteiger partial charge in [-0.05, 0) is 34.9 Å². The van der Waals surface area contributed by atoms with Crippen LogP contribution in [-0.4, -0.2) is 63.6 Å². The fourth-order valence-corrected chi connectivity index (χ4v) is 4.87. The van der Waals surface area contributed by atoms with Gasteiger partial charge >= 0.3 is 6.03 Å². The number of aliphatic hydroxyl groups is 1. The maximum atomic E-state index is 14.0. The van der Waals surface area contributed by atoms with Crippen LogP contribution in [0.3, 0.4) is 0 Å². The number of pyridine rings is 1. The predicted molar refractivity (Wildman–Crippen MR) is 121 cm³/mol. The van der Waals surface area contributed by atoms with Gasteiger partial charge in [-0.3, -0.25) is 9.78 Å². The van der Waals surface area contributed by atoms with Gasteiger partial charge in [-0.2, -0.15) is 0 Å². The summed E-state index contributed by atoms with van der Waals surface area (Å²) in [5.74, 6) is -1.92. The van der Waals surface area contributed by atoms with Gasteiger partial charge in [0, 0.05) is 30.9 Å². The number of rotatable bonds is 4. The quantitative estimate of drug-likeness (QED) is 0.621. The van der Waals surface area contributed by atoms with Gasteiger partial charge < -0.3 is 20.2 Å². The van der Waals surface area contributed by atoms with E-state index in [4.69, 9.17) is 0 Å². The molecule has 0 radical (unpaired) electrons. The first kappa shape index (κ1) is 22.0. The molecule has 0 aliphatic carbocycles. The largest absolute Gasteiger partial charge is 0.394 e. The van der Waals surface area contributed by atoms with Crippen LogP contribution in [-0.2, 0) is 4.79 Å². The lowest BCUT2D eigenvalue weighted by Gasteiger charge is -2.58. The van der Waals surface area contributed by atoms with E-state index >= 15 is 0 Å². The molecule has 9 heteroatoms. The number of halogens is 2. The van der Waals surface area contributed by atoms with E-state index in [1.165, 1.54) is 4.90 Å². The molecule has 3 heterocycles. The van der Waals surface area contributed by atoms with Crippen molar-refractivity contribution < 1.29 is 23.5 Å². The van der Waals surface area contributed by atoms with Crippen molar-refractivity contribution in [3.63, 3.8) is 0 Å². The number of piperazine rings is 1. The highest BCUT2D eigenvalue weighted by molar-refractivity contribution is 5.94. The highest BCUT2D eigenvalue weighted by Gasteiger charge is 2.54. The first-order valence-electron chi connectivity index (χ1n) is 10.9. The molecular formula is C25H22F2N4O3. The maximum Gasteiger partial charge on any atom is 0.322 e. The summed E-state index contributed by atoms with van der Waals surface area (Å²) in [5.41, 5.74) is 2.62. The Kier molecular flexibility index (Phi) is 5.70. The number of aliphatic hydroxyl groups excluding tert-OH is 1. The summed E-state index contributed by atoms with van der Waals surface area (Å²) >= 11 is 0. The Morgan fingerprint density at radius 1 is 1.12 bits per heavy atom. The molecule has 2 aliphatic heterocycles. The zero-order valence-corrected chi connectivity index (χ0v) is 18.1. The van der Waals surface area contributed by atoms with Crippen molar-refractivity contribution in [2.75, 3.05) is 25.0 Å². The molecule has 0 saturated carbocycles. The Bertz CT molecular complexity index is 1220. The fraction of sp³-hybridized carbons (Fsp3) is 0.240. The Morgan fingerprint density at radius 2 is 1.91 bits per heavy atom. The van der Waals surface area contributed by atoms with Gasteiger partial charge in [0.1, 0.15) is 18.2 Å². The number of anilines is 1. The zero-order valence-electron chi connectivity index (χ0n) is 18.1. The summed E-state index contributed by atoms with van der Waals surface area (Å²) in [5, 5.41) is 12.3. The number of nitrogens with one attached hydrogen (secondary N) is 1. The number of hydrogen-bond acceptors (Lipinski definition) is 4. The van der Waals surface area contributed by atoms with E-state index in [0.29, 0.717) is 0 Å². The van der Waals surface area contributed by atoms with Gasteiger partial charge in [0.25, 0.3) is 0 Å². The number of carbonyl (C=O) groups excluding carboxylic acids is 2. The molecule has 5 rings (SSSR count). The molecule has 2 N–H and O–H groups in total. The minimum Gasteiger partial charge on any atom is -0.394 e. The predicted octanol–water partition coefficient (Wildman–Crippen LogP) is 3.23. The van der Waals surface area contributed by atoms with Crippen molar-refractivity contribution >= 4 is 17.6 Å². The number of carbonyl (C=O) groups is 2. The third kappa shape index (κ3) is 3.88. The van der Waals surface area contributed by atoms with E-state index in [1.54, 1.807) is 17.3 Å². The molecule has 0 bridgehead atoms. The Balaban J connectivity index is 1.35. The van der Waals surface area contributed by atoms with Crippen molar-refractivity contribution in [3.05, 3.63) is 84.2 Å². The highest BCUT2D eigenvalue weighted by atomic mass is 19.1.